The minimum atomic E-state index is 0.439. The molecule has 0 bridgehead atoms. The number of H-pyrrole nitrogens is 1. The van der Waals surface area contributed by atoms with Crippen molar-refractivity contribution in [1.29, 1.82) is 0 Å². The number of rotatable bonds is 5. The Kier molecular flexibility index (Phi) is 4.45. The van der Waals surface area contributed by atoms with E-state index in [0.29, 0.717) is 17.2 Å². The van der Waals surface area contributed by atoms with Crippen LogP contribution < -0.4 is 4.74 Å². The number of hydrogen-bond acceptors (Lipinski definition) is 5. The Morgan fingerprint density at radius 1 is 1.36 bits per heavy atom. The molecule has 0 amide bonds. The van der Waals surface area contributed by atoms with Crippen LogP contribution in [0.15, 0.2) is 46.9 Å². The molecular formula is C15H14N4OS2. The summed E-state index contributed by atoms with van der Waals surface area (Å²) >= 11 is 6.88. The lowest BCUT2D eigenvalue weighted by molar-refractivity contribution is 0.341. The molecule has 112 valence electrons. The molecule has 0 spiro atoms. The minimum absolute atomic E-state index is 0.439. The smallest absolute Gasteiger partial charge is 0.216 e. The molecule has 22 heavy (non-hydrogen) atoms. The number of aromatic amines is 1. The Morgan fingerprint density at radius 3 is 3.00 bits per heavy atom. The highest BCUT2D eigenvalue weighted by atomic mass is 32.1. The number of thiophene rings is 1. The van der Waals surface area contributed by atoms with Gasteiger partial charge < -0.3 is 4.74 Å². The van der Waals surface area contributed by atoms with Crippen LogP contribution in [0.25, 0.3) is 11.4 Å². The molecule has 5 nitrogen and oxygen atoms in total. The number of nitrogens with zero attached hydrogens (tertiary/aromatic N) is 3. The molecule has 0 aliphatic carbocycles. The van der Waals surface area contributed by atoms with Gasteiger partial charge in [0.15, 0.2) is 5.82 Å². The quantitative estimate of drug-likeness (QED) is 0.569. The molecule has 0 saturated carbocycles. The van der Waals surface area contributed by atoms with Crippen LogP contribution in [0.4, 0.5) is 0 Å². The average Bonchev–Trinajstić information content (AvgIpc) is 3.16. The Labute approximate surface area is 136 Å². The van der Waals surface area contributed by atoms with Crippen molar-refractivity contribution >= 4 is 29.8 Å². The first-order valence-corrected chi connectivity index (χ1v) is 8.06. The van der Waals surface area contributed by atoms with Crippen molar-refractivity contribution in [2.75, 3.05) is 6.61 Å². The van der Waals surface area contributed by atoms with Gasteiger partial charge in [0.1, 0.15) is 5.75 Å². The fourth-order valence-electron chi connectivity index (χ4n) is 1.99. The molecule has 7 heteroatoms. The Bertz CT molecular complexity index is 833. The van der Waals surface area contributed by atoms with Crippen LogP contribution in [0.3, 0.4) is 0 Å². The average molecular weight is 330 g/mol. The number of benzene rings is 1. The number of hydrogen-bond donors (Lipinski definition) is 1. The van der Waals surface area contributed by atoms with E-state index in [4.69, 9.17) is 17.0 Å². The summed E-state index contributed by atoms with van der Waals surface area (Å²) in [6.45, 7) is 2.53. The molecule has 0 fully saturated rings. The van der Waals surface area contributed by atoms with Gasteiger partial charge in [0.25, 0.3) is 0 Å². The Balaban J connectivity index is 2.04. The van der Waals surface area contributed by atoms with Gasteiger partial charge in [-0.1, -0.05) is 18.2 Å². The van der Waals surface area contributed by atoms with Gasteiger partial charge in [0.2, 0.25) is 4.77 Å². The molecule has 0 aliphatic rings. The summed E-state index contributed by atoms with van der Waals surface area (Å²) in [7, 11) is 0. The van der Waals surface area contributed by atoms with Crippen molar-refractivity contribution in [3.63, 3.8) is 0 Å². The van der Waals surface area contributed by atoms with Crippen LogP contribution >= 0.6 is 23.6 Å². The predicted octanol–water partition coefficient (Wildman–Crippen LogP) is 3.95. The standard InChI is InChI=1S/C15H14N4OS2/c1-2-20-13-8-4-3-7-12(13)14-17-18-15(21)19(14)16-10-11-6-5-9-22-11/h3-10H,2H2,1H3,(H,18,21)/b16-10-. The summed E-state index contributed by atoms with van der Waals surface area (Å²) in [6.07, 6.45) is 1.77. The molecule has 0 unspecified atom stereocenters. The van der Waals surface area contributed by atoms with Gasteiger partial charge in [-0.2, -0.15) is 14.9 Å². The topological polar surface area (TPSA) is 55.2 Å². The molecule has 3 rings (SSSR count). The highest BCUT2D eigenvalue weighted by Gasteiger charge is 2.13. The van der Waals surface area contributed by atoms with Crippen molar-refractivity contribution in [3.05, 3.63) is 51.4 Å². The Morgan fingerprint density at radius 2 is 2.23 bits per heavy atom. The van der Waals surface area contributed by atoms with Crippen molar-refractivity contribution in [1.82, 2.24) is 14.9 Å². The van der Waals surface area contributed by atoms with E-state index in [-0.39, 0.29) is 0 Å². The van der Waals surface area contributed by atoms with Crippen LogP contribution in [0, 0.1) is 4.77 Å². The van der Waals surface area contributed by atoms with Crippen LogP contribution in [-0.4, -0.2) is 27.7 Å². The van der Waals surface area contributed by atoms with Gasteiger partial charge in [-0.25, -0.2) is 5.10 Å². The number of para-hydroxylation sites is 1. The molecule has 0 atom stereocenters. The second kappa shape index (κ2) is 6.67. The van der Waals surface area contributed by atoms with Gasteiger partial charge >= 0.3 is 0 Å². The van der Waals surface area contributed by atoms with Crippen LogP contribution in [0.1, 0.15) is 11.8 Å². The highest BCUT2D eigenvalue weighted by Crippen LogP contribution is 2.28. The third-order valence-corrected chi connectivity index (χ3v) is 3.99. The van der Waals surface area contributed by atoms with E-state index in [0.717, 1.165) is 16.2 Å². The van der Waals surface area contributed by atoms with Crippen molar-refractivity contribution in [3.8, 4) is 17.1 Å². The molecule has 1 N–H and O–H groups in total. The largest absolute Gasteiger partial charge is 0.493 e. The second-order valence-electron chi connectivity index (χ2n) is 4.35. The van der Waals surface area contributed by atoms with Gasteiger partial charge in [-0.3, -0.25) is 0 Å². The van der Waals surface area contributed by atoms with E-state index in [1.165, 1.54) is 0 Å². The predicted molar refractivity (Wildman–Crippen MR) is 91.3 cm³/mol. The maximum Gasteiger partial charge on any atom is 0.216 e. The van der Waals surface area contributed by atoms with Crippen molar-refractivity contribution in [2.24, 2.45) is 5.10 Å². The summed E-state index contributed by atoms with van der Waals surface area (Å²) in [4.78, 5) is 1.05. The van der Waals surface area contributed by atoms with Crippen molar-refractivity contribution < 1.29 is 4.74 Å². The number of nitrogens with one attached hydrogen (secondary N) is 1. The summed E-state index contributed by atoms with van der Waals surface area (Å²) in [5.74, 6) is 1.38. The Hall–Kier alpha value is -2.25. The molecule has 0 aliphatic heterocycles. The van der Waals surface area contributed by atoms with Crippen LogP contribution in [0.2, 0.25) is 0 Å². The third-order valence-electron chi connectivity index (χ3n) is 2.92. The van der Waals surface area contributed by atoms with E-state index in [9.17, 15) is 0 Å². The normalized spacial score (nSPS) is 11.1. The van der Waals surface area contributed by atoms with E-state index in [1.807, 2.05) is 48.7 Å². The summed E-state index contributed by atoms with van der Waals surface area (Å²) in [5.41, 5.74) is 0.847. The number of aromatic nitrogens is 3. The van der Waals surface area contributed by atoms with Gasteiger partial charge in [0, 0.05) is 4.88 Å². The van der Waals surface area contributed by atoms with E-state index >= 15 is 0 Å². The molecular weight excluding hydrogens is 316 g/mol. The first kappa shape index (κ1) is 14.7. The summed E-state index contributed by atoms with van der Waals surface area (Å²) < 4.78 is 7.70. The lowest BCUT2D eigenvalue weighted by Crippen LogP contribution is -1.98. The van der Waals surface area contributed by atoms with Gasteiger partial charge in [0.05, 0.1) is 18.4 Å². The third kappa shape index (κ3) is 3.00. The highest BCUT2D eigenvalue weighted by molar-refractivity contribution is 7.71. The lowest BCUT2D eigenvalue weighted by atomic mass is 10.2. The SMILES string of the molecule is CCOc1ccccc1-c1n[nH]c(=S)n1/N=C\c1cccs1. The van der Waals surface area contributed by atoms with Gasteiger partial charge in [-0.05, 0) is 42.7 Å². The van der Waals surface area contributed by atoms with Crippen LogP contribution in [-0.2, 0) is 0 Å². The molecule has 1 aromatic carbocycles. The zero-order chi connectivity index (χ0) is 15.4. The first-order valence-electron chi connectivity index (χ1n) is 6.77. The molecule has 2 heterocycles. The minimum Gasteiger partial charge on any atom is -0.493 e. The van der Waals surface area contributed by atoms with Crippen LogP contribution in [0.5, 0.6) is 5.75 Å². The zero-order valence-electron chi connectivity index (χ0n) is 11.9. The summed E-state index contributed by atoms with van der Waals surface area (Å²) in [6, 6.07) is 11.7. The fourth-order valence-corrected chi connectivity index (χ4v) is 2.74. The van der Waals surface area contributed by atoms with E-state index < -0.39 is 0 Å². The fraction of sp³-hybridized carbons (Fsp3) is 0.133. The maximum atomic E-state index is 5.65. The van der Waals surface area contributed by atoms with E-state index in [2.05, 4.69) is 15.3 Å². The molecule has 2 aromatic heterocycles. The monoisotopic (exact) mass is 330 g/mol. The second-order valence-corrected chi connectivity index (χ2v) is 5.72. The molecule has 0 radical (unpaired) electrons. The zero-order valence-corrected chi connectivity index (χ0v) is 13.5. The van der Waals surface area contributed by atoms with Gasteiger partial charge in [-0.15, -0.1) is 11.3 Å². The molecule has 0 saturated heterocycles. The molecule has 3 aromatic rings. The maximum absolute atomic E-state index is 5.65. The lowest BCUT2D eigenvalue weighted by Gasteiger charge is -2.08. The summed E-state index contributed by atoms with van der Waals surface area (Å²) in [5, 5.41) is 13.5. The first-order chi connectivity index (χ1) is 10.8. The van der Waals surface area contributed by atoms with Crippen molar-refractivity contribution in [2.45, 2.75) is 6.92 Å². The van der Waals surface area contributed by atoms with E-state index in [1.54, 1.807) is 22.2 Å². The number of ether oxygens (including phenoxy) is 1.